The summed E-state index contributed by atoms with van der Waals surface area (Å²) in [4.78, 5) is 18.5. The molecule has 134 valence electrons. The summed E-state index contributed by atoms with van der Waals surface area (Å²) in [5.74, 6) is 0.842. The predicted molar refractivity (Wildman–Crippen MR) is 91.4 cm³/mol. The normalized spacial score (nSPS) is 20.0. The van der Waals surface area contributed by atoms with Gasteiger partial charge in [0.25, 0.3) is 0 Å². The molecule has 0 unspecified atom stereocenters. The molecule has 1 saturated heterocycles. The average molecular weight is 363 g/mol. The van der Waals surface area contributed by atoms with Gasteiger partial charge >= 0.3 is 0 Å². The SMILES string of the molecule is Cc1nc2ccc(S(=O)(=O)N3CCN(C(=O)C4CCC4)CC3)cc2o1. The Kier molecular flexibility index (Phi) is 4.04. The average Bonchev–Trinajstić information content (AvgIpc) is 2.92. The maximum atomic E-state index is 12.9. The van der Waals surface area contributed by atoms with Crippen molar-refractivity contribution in [3.8, 4) is 0 Å². The summed E-state index contributed by atoms with van der Waals surface area (Å²) in [7, 11) is -3.60. The van der Waals surface area contributed by atoms with Gasteiger partial charge < -0.3 is 9.32 Å². The number of aryl methyl sites for hydroxylation is 1. The largest absolute Gasteiger partial charge is 0.441 e. The number of fused-ring (bicyclic) bond motifs is 1. The van der Waals surface area contributed by atoms with Gasteiger partial charge in [0, 0.05) is 45.1 Å². The standard InChI is InChI=1S/C17H21N3O4S/c1-12-18-15-6-5-14(11-16(15)24-12)25(22,23)20-9-7-19(8-10-20)17(21)13-3-2-4-13/h5-6,11,13H,2-4,7-10H2,1H3. The van der Waals surface area contributed by atoms with E-state index < -0.39 is 10.0 Å². The molecule has 1 saturated carbocycles. The van der Waals surface area contributed by atoms with E-state index in [2.05, 4.69) is 4.98 Å². The summed E-state index contributed by atoms with van der Waals surface area (Å²) >= 11 is 0. The third kappa shape index (κ3) is 2.93. The number of nitrogens with zero attached hydrogens (tertiary/aromatic N) is 3. The van der Waals surface area contributed by atoms with Crippen molar-refractivity contribution in [3.63, 3.8) is 0 Å². The van der Waals surface area contributed by atoms with Gasteiger partial charge in [-0.3, -0.25) is 4.79 Å². The van der Waals surface area contributed by atoms with E-state index in [1.54, 1.807) is 24.0 Å². The minimum Gasteiger partial charge on any atom is -0.441 e. The van der Waals surface area contributed by atoms with E-state index in [9.17, 15) is 13.2 Å². The van der Waals surface area contributed by atoms with Gasteiger partial charge in [-0.15, -0.1) is 0 Å². The van der Waals surface area contributed by atoms with Gasteiger partial charge in [-0.2, -0.15) is 4.31 Å². The van der Waals surface area contributed by atoms with Crippen LogP contribution >= 0.6 is 0 Å². The Labute approximate surface area is 146 Å². The molecule has 1 aliphatic heterocycles. The van der Waals surface area contributed by atoms with Gasteiger partial charge in [0.15, 0.2) is 11.5 Å². The first kappa shape index (κ1) is 16.5. The van der Waals surface area contributed by atoms with Crippen LogP contribution in [0.5, 0.6) is 0 Å². The van der Waals surface area contributed by atoms with Crippen LogP contribution < -0.4 is 0 Å². The molecule has 2 aliphatic rings. The molecule has 4 rings (SSSR count). The van der Waals surface area contributed by atoms with E-state index in [1.165, 1.54) is 10.4 Å². The third-order valence-electron chi connectivity index (χ3n) is 5.11. The Balaban J connectivity index is 1.49. The number of benzene rings is 1. The number of rotatable bonds is 3. The van der Waals surface area contributed by atoms with E-state index in [0.717, 1.165) is 19.3 Å². The third-order valence-corrected chi connectivity index (χ3v) is 7.00. The first-order chi connectivity index (χ1) is 11.9. The van der Waals surface area contributed by atoms with Crippen LogP contribution in [-0.4, -0.2) is 54.7 Å². The second-order valence-electron chi connectivity index (χ2n) is 6.72. The fourth-order valence-electron chi connectivity index (χ4n) is 3.39. The highest BCUT2D eigenvalue weighted by Gasteiger charge is 2.34. The Hall–Kier alpha value is -1.93. The van der Waals surface area contributed by atoms with E-state index in [-0.39, 0.29) is 16.7 Å². The zero-order valence-electron chi connectivity index (χ0n) is 14.1. The number of oxazole rings is 1. The fraction of sp³-hybridized carbons (Fsp3) is 0.529. The molecule has 2 aromatic rings. The zero-order chi connectivity index (χ0) is 17.6. The van der Waals surface area contributed by atoms with Crippen molar-refractivity contribution in [1.29, 1.82) is 0 Å². The monoisotopic (exact) mass is 363 g/mol. The molecule has 2 heterocycles. The maximum absolute atomic E-state index is 12.9. The molecule has 1 aliphatic carbocycles. The molecular formula is C17H21N3O4S. The number of amides is 1. The van der Waals surface area contributed by atoms with Gasteiger partial charge in [-0.1, -0.05) is 6.42 Å². The molecule has 25 heavy (non-hydrogen) atoms. The Morgan fingerprint density at radius 3 is 2.56 bits per heavy atom. The second kappa shape index (κ2) is 6.10. The highest BCUT2D eigenvalue weighted by atomic mass is 32.2. The summed E-state index contributed by atoms with van der Waals surface area (Å²) in [6, 6.07) is 4.75. The summed E-state index contributed by atoms with van der Waals surface area (Å²) in [6.45, 7) is 3.30. The minimum absolute atomic E-state index is 0.153. The van der Waals surface area contributed by atoms with Crippen molar-refractivity contribution < 1.29 is 17.6 Å². The molecule has 1 aromatic heterocycles. The molecule has 0 bridgehead atoms. The number of aromatic nitrogens is 1. The van der Waals surface area contributed by atoms with E-state index in [0.29, 0.717) is 43.2 Å². The molecule has 0 N–H and O–H groups in total. The van der Waals surface area contributed by atoms with E-state index >= 15 is 0 Å². The summed E-state index contributed by atoms with van der Waals surface area (Å²) in [6.07, 6.45) is 3.05. The van der Waals surface area contributed by atoms with Gasteiger partial charge in [-0.05, 0) is 25.0 Å². The van der Waals surface area contributed by atoms with Crippen molar-refractivity contribution in [2.75, 3.05) is 26.2 Å². The lowest BCUT2D eigenvalue weighted by Crippen LogP contribution is -2.52. The van der Waals surface area contributed by atoms with Crippen molar-refractivity contribution >= 4 is 27.0 Å². The smallest absolute Gasteiger partial charge is 0.243 e. The second-order valence-corrected chi connectivity index (χ2v) is 8.66. The van der Waals surface area contributed by atoms with E-state index in [4.69, 9.17) is 4.42 Å². The highest BCUT2D eigenvalue weighted by Crippen LogP contribution is 2.29. The van der Waals surface area contributed by atoms with Gasteiger partial charge in [0.2, 0.25) is 15.9 Å². The fourth-order valence-corrected chi connectivity index (χ4v) is 4.83. The molecule has 1 aromatic carbocycles. The van der Waals surface area contributed by atoms with Crippen LogP contribution in [0.2, 0.25) is 0 Å². The van der Waals surface area contributed by atoms with Crippen molar-refractivity contribution in [2.24, 2.45) is 5.92 Å². The lowest BCUT2D eigenvalue weighted by molar-refractivity contribution is -0.139. The number of carbonyl (C=O) groups excluding carboxylic acids is 1. The molecule has 8 heteroatoms. The van der Waals surface area contributed by atoms with Crippen LogP contribution in [0.4, 0.5) is 0 Å². The van der Waals surface area contributed by atoms with Crippen molar-refractivity contribution in [1.82, 2.24) is 14.2 Å². The number of piperazine rings is 1. The molecule has 2 fully saturated rings. The maximum Gasteiger partial charge on any atom is 0.243 e. The Morgan fingerprint density at radius 2 is 1.92 bits per heavy atom. The zero-order valence-corrected chi connectivity index (χ0v) is 15.0. The molecular weight excluding hydrogens is 342 g/mol. The highest BCUT2D eigenvalue weighted by molar-refractivity contribution is 7.89. The molecule has 7 nitrogen and oxygen atoms in total. The van der Waals surface area contributed by atoms with Crippen LogP contribution in [0.15, 0.2) is 27.5 Å². The number of carbonyl (C=O) groups is 1. The molecule has 0 atom stereocenters. The van der Waals surface area contributed by atoms with Crippen LogP contribution in [-0.2, 0) is 14.8 Å². The van der Waals surface area contributed by atoms with Gasteiger partial charge in [0.05, 0.1) is 4.90 Å². The molecule has 0 radical (unpaired) electrons. The molecule has 1 amide bonds. The quantitative estimate of drug-likeness (QED) is 0.830. The van der Waals surface area contributed by atoms with Crippen LogP contribution in [0.3, 0.4) is 0 Å². The first-order valence-electron chi connectivity index (χ1n) is 8.61. The topological polar surface area (TPSA) is 83.7 Å². The van der Waals surface area contributed by atoms with Crippen LogP contribution in [0.25, 0.3) is 11.1 Å². The van der Waals surface area contributed by atoms with E-state index in [1.807, 2.05) is 0 Å². The Morgan fingerprint density at radius 1 is 1.20 bits per heavy atom. The number of hydrogen-bond acceptors (Lipinski definition) is 5. The van der Waals surface area contributed by atoms with Gasteiger partial charge in [-0.25, -0.2) is 13.4 Å². The van der Waals surface area contributed by atoms with Gasteiger partial charge in [0.1, 0.15) is 5.52 Å². The summed E-state index contributed by atoms with van der Waals surface area (Å²) in [5, 5.41) is 0. The predicted octanol–water partition coefficient (Wildman–Crippen LogP) is 1.77. The van der Waals surface area contributed by atoms with Crippen molar-refractivity contribution in [3.05, 3.63) is 24.1 Å². The Bertz CT molecular complexity index is 909. The number of hydrogen-bond donors (Lipinski definition) is 0. The summed E-state index contributed by atoms with van der Waals surface area (Å²) < 4.78 is 32.6. The first-order valence-corrected chi connectivity index (χ1v) is 10.1. The van der Waals surface area contributed by atoms with Crippen LogP contribution in [0, 0.1) is 12.8 Å². The lowest BCUT2D eigenvalue weighted by atomic mass is 9.84. The summed E-state index contributed by atoms with van der Waals surface area (Å²) in [5.41, 5.74) is 1.12. The minimum atomic E-state index is -3.60. The van der Waals surface area contributed by atoms with Crippen LogP contribution in [0.1, 0.15) is 25.2 Å². The molecule has 0 spiro atoms. The van der Waals surface area contributed by atoms with Crippen molar-refractivity contribution in [2.45, 2.75) is 31.1 Å². The number of sulfonamides is 1. The lowest BCUT2D eigenvalue weighted by Gasteiger charge is -2.37.